The van der Waals surface area contributed by atoms with E-state index >= 15 is 0 Å². The second-order valence-corrected chi connectivity index (χ2v) is 6.25. The Morgan fingerprint density at radius 2 is 2.05 bits per heavy atom. The van der Waals surface area contributed by atoms with Gasteiger partial charge in [0.25, 0.3) is 0 Å². The molecular formula is C14H28N2O3. The smallest absolute Gasteiger partial charge is 0.407 e. The summed E-state index contributed by atoms with van der Waals surface area (Å²) < 4.78 is 5.14. The van der Waals surface area contributed by atoms with Crippen molar-refractivity contribution in [2.24, 2.45) is 0 Å². The van der Waals surface area contributed by atoms with Crippen LogP contribution in [0.3, 0.4) is 0 Å². The van der Waals surface area contributed by atoms with Gasteiger partial charge >= 0.3 is 6.09 Å². The molecule has 0 spiro atoms. The molecule has 1 fully saturated rings. The largest absolute Gasteiger partial charge is 0.444 e. The molecule has 1 aliphatic carbocycles. The first-order valence-electron chi connectivity index (χ1n) is 7.25. The molecule has 0 saturated heterocycles. The Balaban J connectivity index is 2.00. The van der Waals surface area contributed by atoms with Gasteiger partial charge < -0.3 is 20.5 Å². The molecule has 1 rings (SSSR count). The van der Waals surface area contributed by atoms with Crippen molar-refractivity contribution in [3.63, 3.8) is 0 Å². The van der Waals surface area contributed by atoms with E-state index in [9.17, 15) is 9.90 Å². The number of amides is 1. The number of rotatable bonds is 5. The van der Waals surface area contributed by atoms with Gasteiger partial charge in [-0.05, 0) is 59.4 Å². The number of carbonyl (C=O) groups is 1. The van der Waals surface area contributed by atoms with Crippen molar-refractivity contribution < 1.29 is 14.6 Å². The molecule has 2 unspecified atom stereocenters. The highest BCUT2D eigenvalue weighted by Crippen LogP contribution is 2.18. The average Bonchev–Trinajstić information content (AvgIpc) is 2.26. The van der Waals surface area contributed by atoms with Gasteiger partial charge in [0.1, 0.15) is 5.60 Å². The quantitative estimate of drug-likeness (QED) is 0.667. The zero-order chi connectivity index (χ0) is 14.3. The Hall–Kier alpha value is -0.810. The molecule has 5 nitrogen and oxygen atoms in total. The van der Waals surface area contributed by atoms with Crippen LogP contribution in [0.25, 0.3) is 0 Å². The summed E-state index contributed by atoms with van der Waals surface area (Å²) in [4.78, 5) is 11.4. The lowest BCUT2D eigenvalue weighted by atomic mass is 9.93. The number of ether oxygens (including phenoxy) is 1. The maximum atomic E-state index is 11.4. The molecule has 0 aromatic carbocycles. The average molecular weight is 272 g/mol. The summed E-state index contributed by atoms with van der Waals surface area (Å²) in [6.45, 7) is 7.01. The highest BCUT2D eigenvalue weighted by Gasteiger charge is 2.19. The maximum Gasteiger partial charge on any atom is 0.407 e. The highest BCUT2D eigenvalue weighted by atomic mass is 16.6. The predicted octanol–water partition coefficient (Wildman–Crippen LogP) is 1.79. The van der Waals surface area contributed by atoms with Gasteiger partial charge in [-0.3, -0.25) is 0 Å². The summed E-state index contributed by atoms with van der Waals surface area (Å²) in [5.74, 6) is 0. The van der Waals surface area contributed by atoms with Gasteiger partial charge in [-0.25, -0.2) is 4.79 Å². The number of hydrogen-bond acceptors (Lipinski definition) is 4. The van der Waals surface area contributed by atoms with Gasteiger partial charge in [0.2, 0.25) is 0 Å². The molecule has 1 amide bonds. The molecular weight excluding hydrogens is 244 g/mol. The third-order valence-electron chi connectivity index (χ3n) is 3.10. The molecule has 0 bridgehead atoms. The van der Waals surface area contributed by atoms with Crippen LogP contribution in [-0.4, -0.2) is 42.0 Å². The van der Waals surface area contributed by atoms with E-state index in [1.807, 2.05) is 20.8 Å². The Bertz CT molecular complexity index is 276. The van der Waals surface area contributed by atoms with Crippen molar-refractivity contribution in [1.29, 1.82) is 0 Å². The maximum absolute atomic E-state index is 11.4. The zero-order valence-corrected chi connectivity index (χ0v) is 12.4. The minimum absolute atomic E-state index is 0.147. The summed E-state index contributed by atoms with van der Waals surface area (Å²) in [7, 11) is 0. The Morgan fingerprint density at radius 3 is 2.68 bits per heavy atom. The zero-order valence-electron chi connectivity index (χ0n) is 12.4. The minimum Gasteiger partial charge on any atom is -0.444 e. The van der Waals surface area contributed by atoms with Gasteiger partial charge in [0.15, 0.2) is 0 Å². The van der Waals surface area contributed by atoms with Crippen LogP contribution in [0.15, 0.2) is 0 Å². The number of alkyl carbamates (subject to hydrolysis) is 1. The van der Waals surface area contributed by atoms with Gasteiger partial charge in [-0.15, -0.1) is 0 Å². The topological polar surface area (TPSA) is 70.6 Å². The van der Waals surface area contributed by atoms with E-state index in [1.54, 1.807) is 0 Å². The third kappa shape index (κ3) is 8.06. The molecule has 0 heterocycles. The van der Waals surface area contributed by atoms with Gasteiger partial charge in [0.05, 0.1) is 6.10 Å². The summed E-state index contributed by atoms with van der Waals surface area (Å²) in [5.41, 5.74) is -0.444. The van der Waals surface area contributed by atoms with Gasteiger partial charge in [-0.1, -0.05) is 0 Å². The third-order valence-corrected chi connectivity index (χ3v) is 3.10. The van der Waals surface area contributed by atoms with Crippen molar-refractivity contribution >= 4 is 6.09 Å². The van der Waals surface area contributed by atoms with Crippen molar-refractivity contribution in [3.8, 4) is 0 Å². The SMILES string of the molecule is CC(C)(C)OC(=O)NCCCNC1CCCC(O)C1. The summed E-state index contributed by atoms with van der Waals surface area (Å²) in [5, 5.41) is 15.7. The minimum atomic E-state index is -0.444. The molecule has 112 valence electrons. The van der Waals surface area contributed by atoms with E-state index in [0.717, 1.165) is 38.6 Å². The lowest BCUT2D eigenvalue weighted by Crippen LogP contribution is -2.38. The van der Waals surface area contributed by atoms with Gasteiger partial charge in [-0.2, -0.15) is 0 Å². The molecule has 3 N–H and O–H groups in total. The van der Waals surface area contributed by atoms with Crippen LogP contribution in [-0.2, 0) is 4.74 Å². The molecule has 0 aliphatic heterocycles. The predicted molar refractivity (Wildman–Crippen MR) is 75.1 cm³/mol. The van der Waals surface area contributed by atoms with E-state index in [1.165, 1.54) is 0 Å². The molecule has 0 aromatic rings. The number of nitrogens with one attached hydrogen (secondary N) is 2. The van der Waals surface area contributed by atoms with E-state index in [-0.39, 0.29) is 12.2 Å². The van der Waals surface area contributed by atoms with Crippen LogP contribution in [0.4, 0.5) is 4.79 Å². The Kier molecular flexibility index (Phi) is 6.58. The molecule has 0 radical (unpaired) electrons. The highest BCUT2D eigenvalue weighted by molar-refractivity contribution is 5.67. The fraction of sp³-hybridized carbons (Fsp3) is 0.929. The summed E-state index contributed by atoms with van der Waals surface area (Å²) >= 11 is 0. The van der Waals surface area contributed by atoms with Crippen LogP contribution >= 0.6 is 0 Å². The Labute approximate surface area is 116 Å². The number of carbonyl (C=O) groups excluding carboxylic acids is 1. The molecule has 5 heteroatoms. The van der Waals surface area contributed by atoms with Crippen LogP contribution in [0.2, 0.25) is 0 Å². The van der Waals surface area contributed by atoms with Crippen molar-refractivity contribution in [2.75, 3.05) is 13.1 Å². The van der Waals surface area contributed by atoms with Crippen LogP contribution < -0.4 is 10.6 Å². The first-order chi connectivity index (χ1) is 8.87. The van der Waals surface area contributed by atoms with E-state index in [2.05, 4.69) is 10.6 Å². The number of aliphatic hydroxyl groups is 1. The van der Waals surface area contributed by atoms with Crippen molar-refractivity contribution in [1.82, 2.24) is 10.6 Å². The molecule has 2 atom stereocenters. The first-order valence-corrected chi connectivity index (χ1v) is 7.25. The van der Waals surface area contributed by atoms with E-state index in [4.69, 9.17) is 4.74 Å². The molecule has 19 heavy (non-hydrogen) atoms. The second kappa shape index (κ2) is 7.70. The molecule has 1 saturated carbocycles. The lowest BCUT2D eigenvalue weighted by Gasteiger charge is -2.26. The fourth-order valence-electron chi connectivity index (χ4n) is 2.25. The normalized spacial score (nSPS) is 24.0. The van der Waals surface area contributed by atoms with E-state index < -0.39 is 5.60 Å². The monoisotopic (exact) mass is 272 g/mol. The lowest BCUT2D eigenvalue weighted by molar-refractivity contribution is 0.0527. The van der Waals surface area contributed by atoms with Gasteiger partial charge in [0, 0.05) is 12.6 Å². The van der Waals surface area contributed by atoms with Crippen LogP contribution in [0.5, 0.6) is 0 Å². The Morgan fingerprint density at radius 1 is 1.32 bits per heavy atom. The van der Waals surface area contributed by atoms with E-state index in [0.29, 0.717) is 12.6 Å². The molecule has 1 aliphatic rings. The standard InChI is InChI=1S/C14H28N2O3/c1-14(2,3)19-13(18)16-9-5-8-15-11-6-4-7-12(17)10-11/h11-12,15,17H,4-10H2,1-3H3,(H,16,18). The number of aliphatic hydroxyl groups excluding tert-OH is 1. The summed E-state index contributed by atoms with van der Waals surface area (Å²) in [6.07, 6.45) is 4.36. The van der Waals surface area contributed by atoms with Crippen molar-refractivity contribution in [3.05, 3.63) is 0 Å². The van der Waals surface area contributed by atoms with Crippen molar-refractivity contribution in [2.45, 2.75) is 70.6 Å². The summed E-state index contributed by atoms with van der Waals surface area (Å²) in [6, 6.07) is 0.422. The number of hydrogen-bond donors (Lipinski definition) is 3. The first kappa shape index (κ1) is 16.2. The van der Waals surface area contributed by atoms with Crippen LogP contribution in [0, 0.1) is 0 Å². The second-order valence-electron chi connectivity index (χ2n) is 6.25. The fourth-order valence-corrected chi connectivity index (χ4v) is 2.25. The van der Waals surface area contributed by atoms with Crippen LogP contribution in [0.1, 0.15) is 52.9 Å². The molecule has 0 aromatic heterocycles.